The first-order valence-electron chi connectivity index (χ1n) is 9.20. The van der Waals surface area contributed by atoms with E-state index in [9.17, 15) is 4.79 Å². The second-order valence-electron chi connectivity index (χ2n) is 7.26. The highest BCUT2D eigenvalue weighted by Gasteiger charge is 2.42. The Kier molecular flexibility index (Phi) is 4.64. The molecule has 1 fully saturated rings. The lowest BCUT2D eigenvalue weighted by Gasteiger charge is -2.44. The minimum absolute atomic E-state index is 0.00901. The summed E-state index contributed by atoms with van der Waals surface area (Å²) in [6.45, 7) is 3.47. The molecule has 3 heterocycles. The first kappa shape index (κ1) is 17.0. The number of carbonyl (C=O) groups is 1. The molecule has 2 aromatic rings. The monoisotopic (exact) mass is 352 g/mol. The Bertz CT molecular complexity index is 785. The van der Waals surface area contributed by atoms with Crippen molar-refractivity contribution >= 4 is 5.91 Å². The van der Waals surface area contributed by atoms with Crippen LogP contribution < -0.4 is 10.1 Å². The summed E-state index contributed by atoms with van der Waals surface area (Å²) in [5.74, 6) is 0.872. The predicted molar refractivity (Wildman–Crippen MR) is 98.0 cm³/mol. The van der Waals surface area contributed by atoms with Crippen LogP contribution in [-0.2, 0) is 16.0 Å². The van der Waals surface area contributed by atoms with Crippen LogP contribution in [-0.4, -0.2) is 29.7 Å². The van der Waals surface area contributed by atoms with Gasteiger partial charge in [-0.25, -0.2) is 0 Å². The summed E-state index contributed by atoms with van der Waals surface area (Å²) in [7, 11) is 0. The summed E-state index contributed by atoms with van der Waals surface area (Å²) in [4.78, 5) is 16.9. The van der Waals surface area contributed by atoms with Crippen molar-refractivity contribution in [3.05, 3.63) is 59.4 Å². The Morgan fingerprint density at radius 3 is 2.88 bits per heavy atom. The molecule has 2 aliphatic heterocycles. The number of benzene rings is 1. The summed E-state index contributed by atoms with van der Waals surface area (Å²) < 4.78 is 11.9. The third-order valence-electron chi connectivity index (χ3n) is 5.25. The van der Waals surface area contributed by atoms with E-state index in [1.165, 1.54) is 5.56 Å². The zero-order chi connectivity index (χ0) is 18.0. The van der Waals surface area contributed by atoms with Crippen LogP contribution >= 0.6 is 0 Å². The molecule has 1 atom stereocenters. The lowest BCUT2D eigenvalue weighted by Crippen LogP contribution is -2.48. The summed E-state index contributed by atoms with van der Waals surface area (Å²) in [6.07, 6.45) is 4.49. The molecule has 0 saturated carbocycles. The molecule has 5 heteroatoms. The lowest BCUT2D eigenvalue weighted by molar-refractivity contribution is -0.122. The van der Waals surface area contributed by atoms with Crippen molar-refractivity contribution in [3.8, 4) is 5.75 Å². The molecule has 0 unspecified atom stereocenters. The van der Waals surface area contributed by atoms with Crippen molar-refractivity contribution in [2.24, 2.45) is 0 Å². The number of amides is 1. The van der Waals surface area contributed by atoms with Crippen molar-refractivity contribution in [2.45, 2.75) is 44.2 Å². The fourth-order valence-corrected chi connectivity index (χ4v) is 3.88. The highest BCUT2D eigenvalue weighted by Crippen LogP contribution is 2.44. The summed E-state index contributed by atoms with van der Waals surface area (Å²) in [5, 5.41) is 3.22. The van der Waals surface area contributed by atoms with E-state index in [2.05, 4.69) is 29.4 Å². The van der Waals surface area contributed by atoms with Crippen molar-refractivity contribution in [1.82, 2.24) is 10.3 Å². The quantitative estimate of drug-likeness (QED) is 0.922. The number of aryl methyl sites for hydroxylation is 1. The maximum atomic E-state index is 12.6. The Morgan fingerprint density at radius 2 is 2.12 bits per heavy atom. The van der Waals surface area contributed by atoms with E-state index >= 15 is 0 Å². The molecule has 1 saturated heterocycles. The third-order valence-corrected chi connectivity index (χ3v) is 5.25. The molecular formula is C21H24N2O3. The van der Waals surface area contributed by atoms with Crippen LogP contribution in [0.2, 0.25) is 0 Å². The van der Waals surface area contributed by atoms with Crippen molar-refractivity contribution < 1.29 is 14.3 Å². The first-order valence-corrected chi connectivity index (χ1v) is 9.20. The van der Waals surface area contributed by atoms with Gasteiger partial charge in [-0.15, -0.1) is 0 Å². The SMILES string of the molecule is Cc1ccc2c(c1)[C@H](NC(=O)Cc1ccccn1)CC1(CCOCC1)O2. The Hall–Kier alpha value is -2.40. The van der Waals surface area contributed by atoms with Gasteiger partial charge in [0.1, 0.15) is 11.4 Å². The van der Waals surface area contributed by atoms with E-state index in [-0.39, 0.29) is 24.0 Å². The molecule has 5 nitrogen and oxygen atoms in total. The molecule has 1 amide bonds. The number of ether oxygens (including phenoxy) is 2. The third kappa shape index (κ3) is 3.58. The Balaban J connectivity index is 1.57. The van der Waals surface area contributed by atoms with Gasteiger partial charge in [-0.3, -0.25) is 9.78 Å². The number of pyridine rings is 1. The predicted octanol–water partition coefficient (Wildman–Crippen LogP) is 3.12. The summed E-state index contributed by atoms with van der Waals surface area (Å²) >= 11 is 0. The molecule has 0 bridgehead atoms. The fraction of sp³-hybridized carbons (Fsp3) is 0.429. The van der Waals surface area contributed by atoms with E-state index in [0.717, 1.165) is 36.3 Å². The van der Waals surface area contributed by atoms with Gasteiger partial charge in [-0.1, -0.05) is 23.8 Å². The van der Waals surface area contributed by atoms with Crippen LogP contribution in [0.1, 0.15) is 42.1 Å². The molecule has 1 aromatic heterocycles. The highest BCUT2D eigenvalue weighted by atomic mass is 16.5. The van der Waals surface area contributed by atoms with Gasteiger partial charge in [0.15, 0.2) is 0 Å². The molecule has 0 aliphatic carbocycles. The number of aromatic nitrogens is 1. The fourth-order valence-electron chi connectivity index (χ4n) is 3.88. The van der Waals surface area contributed by atoms with E-state index < -0.39 is 0 Å². The van der Waals surface area contributed by atoms with Crippen LogP contribution in [0.5, 0.6) is 5.75 Å². The number of hydrogen-bond donors (Lipinski definition) is 1. The molecule has 4 rings (SSSR count). The molecule has 2 aliphatic rings. The van der Waals surface area contributed by atoms with Gasteiger partial charge >= 0.3 is 0 Å². The maximum Gasteiger partial charge on any atom is 0.226 e. The van der Waals surface area contributed by atoms with Crippen molar-refractivity contribution in [1.29, 1.82) is 0 Å². The maximum absolute atomic E-state index is 12.6. The Labute approximate surface area is 153 Å². The molecule has 26 heavy (non-hydrogen) atoms. The Morgan fingerprint density at radius 1 is 1.27 bits per heavy atom. The van der Waals surface area contributed by atoms with Crippen LogP contribution in [0.4, 0.5) is 0 Å². The second kappa shape index (κ2) is 7.08. The smallest absolute Gasteiger partial charge is 0.226 e. The van der Waals surface area contributed by atoms with Gasteiger partial charge in [0, 0.05) is 36.7 Å². The number of rotatable bonds is 3. The topological polar surface area (TPSA) is 60.5 Å². The average Bonchev–Trinajstić information content (AvgIpc) is 2.64. The van der Waals surface area contributed by atoms with Crippen LogP contribution in [0.15, 0.2) is 42.6 Å². The molecular weight excluding hydrogens is 328 g/mol. The highest BCUT2D eigenvalue weighted by molar-refractivity contribution is 5.78. The van der Waals surface area contributed by atoms with Crippen molar-refractivity contribution in [3.63, 3.8) is 0 Å². The van der Waals surface area contributed by atoms with E-state index in [1.54, 1.807) is 6.20 Å². The van der Waals surface area contributed by atoms with E-state index in [1.807, 2.05) is 24.3 Å². The molecule has 136 valence electrons. The molecule has 1 spiro atoms. The first-order chi connectivity index (χ1) is 12.6. The van der Waals surface area contributed by atoms with Crippen LogP contribution in [0, 0.1) is 6.92 Å². The lowest BCUT2D eigenvalue weighted by atomic mass is 9.81. The number of hydrogen-bond acceptors (Lipinski definition) is 4. The van der Waals surface area contributed by atoms with Gasteiger partial charge < -0.3 is 14.8 Å². The largest absolute Gasteiger partial charge is 0.487 e. The number of nitrogens with one attached hydrogen (secondary N) is 1. The summed E-state index contributed by atoms with van der Waals surface area (Å²) in [6, 6.07) is 11.8. The number of fused-ring (bicyclic) bond motifs is 1. The zero-order valence-electron chi connectivity index (χ0n) is 15.0. The van der Waals surface area contributed by atoms with E-state index in [0.29, 0.717) is 13.2 Å². The normalized spacial score (nSPS) is 20.9. The summed E-state index contributed by atoms with van der Waals surface area (Å²) in [5.41, 5.74) is 2.77. The zero-order valence-corrected chi connectivity index (χ0v) is 15.0. The minimum Gasteiger partial charge on any atom is -0.487 e. The van der Waals surface area contributed by atoms with E-state index in [4.69, 9.17) is 9.47 Å². The van der Waals surface area contributed by atoms with Gasteiger partial charge in [0.25, 0.3) is 0 Å². The number of nitrogens with zero attached hydrogens (tertiary/aromatic N) is 1. The van der Waals surface area contributed by atoms with Gasteiger partial charge in [-0.05, 0) is 25.1 Å². The molecule has 1 N–H and O–H groups in total. The van der Waals surface area contributed by atoms with Crippen LogP contribution in [0.25, 0.3) is 0 Å². The van der Waals surface area contributed by atoms with Gasteiger partial charge in [-0.2, -0.15) is 0 Å². The van der Waals surface area contributed by atoms with Crippen LogP contribution in [0.3, 0.4) is 0 Å². The standard InChI is InChI=1S/C21H24N2O3/c1-15-5-6-19-17(12-15)18(14-21(26-19)7-10-25-11-8-21)23-20(24)13-16-4-2-3-9-22-16/h2-6,9,12,18H,7-8,10-11,13-14H2,1H3,(H,23,24)/t18-/m1/s1. The van der Waals surface area contributed by atoms with Gasteiger partial charge in [0.2, 0.25) is 5.91 Å². The number of carbonyl (C=O) groups excluding carboxylic acids is 1. The van der Waals surface area contributed by atoms with Crippen molar-refractivity contribution in [2.75, 3.05) is 13.2 Å². The minimum atomic E-state index is -0.247. The van der Waals surface area contributed by atoms with Gasteiger partial charge in [0.05, 0.1) is 25.7 Å². The second-order valence-corrected chi connectivity index (χ2v) is 7.26. The molecule has 1 aromatic carbocycles. The average molecular weight is 352 g/mol. The molecule has 0 radical (unpaired) electrons.